The van der Waals surface area contributed by atoms with Gasteiger partial charge < -0.3 is 24.7 Å². The van der Waals surface area contributed by atoms with Gasteiger partial charge >= 0.3 is 0 Å². The third-order valence-electron chi connectivity index (χ3n) is 4.65. The Morgan fingerprint density at radius 1 is 0.914 bits per heavy atom. The first-order valence-electron chi connectivity index (χ1n) is 11.2. The molecule has 184 valence electrons. The number of nitrogens with zero attached hydrogens (tertiary/aromatic N) is 3. The number of hydrogen-bond acceptors (Lipinski definition) is 7. The molecule has 10 heteroatoms. The highest BCUT2D eigenvalue weighted by molar-refractivity contribution is 7.99. The smallest absolute Gasteiger partial charge is 0.234 e. The number of rotatable bonds is 13. The highest BCUT2D eigenvalue weighted by atomic mass is 32.2. The van der Waals surface area contributed by atoms with Gasteiger partial charge in [0.05, 0.1) is 25.4 Å². The summed E-state index contributed by atoms with van der Waals surface area (Å²) in [7, 11) is 0. The van der Waals surface area contributed by atoms with Crippen molar-refractivity contribution in [2.24, 2.45) is 0 Å². The second-order valence-electron chi connectivity index (χ2n) is 7.27. The highest BCUT2D eigenvalue weighted by Crippen LogP contribution is 2.20. The molecule has 2 amide bonds. The van der Waals surface area contributed by atoms with E-state index in [2.05, 4.69) is 27.4 Å². The summed E-state index contributed by atoms with van der Waals surface area (Å²) in [5.74, 6) is 1.71. The minimum absolute atomic E-state index is 0.0347. The van der Waals surface area contributed by atoms with Gasteiger partial charge in [-0.25, -0.2) is 0 Å². The largest absolute Gasteiger partial charge is 0.494 e. The molecule has 0 saturated carbocycles. The molecule has 2 N–H and O–H groups in total. The summed E-state index contributed by atoms with van der Waals surface area (Å²) in [6.45, 7) is 9.18. The molecular weight excluding hydrogens is 466 g/mol. The van der Waals surface area contributed by atoms with Gasteiger partial charge in [-0.3, -0.25) is 9.59 Å². The predicted octanol–water partition coefficient (Wildman–Crippen LogP) is 4.17. The summed E-state index contributed by atoms with van der Waals surface area (Å²) >= 11 is 1.24. The van der Waals surface area contributed by atoms with Gasteiger partial charge in [-0.15, -0.1) is 16.8 Å². The Bertz CT molecular complexity index is 1130. The van der Waals surface area contributed by atoms with Crippen LogP contribution in [0.3, 0.4) is 0 Å². The van der Waals surface area contributed by atoms with Crippen LogP contribution in [0.2, 0.25) is 0 Å². The molecule has 0 fully saturated rings. The van der Waals surface area contributed by atoms with Gasteiger partial charge in [0, 0.05) is 17.9 Å². The topological polar surface area (TPSA) is 107 Å². The number of thioether (sulfide) groups is 1. The molecule has 1 aromatic heterocycles. The first-order valence-corrected chi connectivity index (χ1v) is 12.2. The van der Waals surface area contributed by atoms with Crippen LogP contribution in [0.5, 0.6) is 11.5 Å². The summed E-state index contributed by atoms with van der Waals surface area (Å²) in [6, 6.07) is 14.3. The van der Waals surface area contributed by atoms with Crippen LogP contribution in [-0.2, 0) is 22.6 Å². The molecule has 0 spiro atoms. The van der Waals surface area contributed by atoms with Crippen LogP contribution in [0.15, 0.2) is 66.3 Å². The minimum atomic E-state index is -0.225. The number of nitrogens with one attached hydrogen (secondary N) is 2. The van der Waals surface area contributed by atoms with Crippen molar-refractivity contribution in [3.8, 4) is 11.5 Å². The van der Waals surface area contributed by atoms with E-state index in [0.29, 0.717) is 42.1 Å². The quantitative estimate of drug-likeness (QED) is 0.271. The van der Waals surface area contributed by atoms with Crippen LogP contribution in [0, 0.1) is 0 Å². The van der Waals surface area contributed by atoms with Crippen molar-refractivity contribution >= 4 is 35.0 Å². The lowest BCUT2D eigenvalue weighted by molar-refractivity contribution is -0.116. The maximum atomic E-state index is 12.6. The first-order chi connectivity index (χ1) is 17.0. The average molecular weight is 496 g/mol. The number of anilines is 2. The zero-order chi connectivity index (χ0) is 25.0. The molecule has 0 radical (unpaired) electrons. The van der Waals surface area contributed by atoms with Crippen LogP contribution < -0.4 is 20.1 Å². The Morgan fingerprint density at radius 2 is 1.46 bits per heavy atom. The third-order valence-corrected chi connectivity index (χ3v) is 5.62. The standard InChI is InChI=1S/C25H29N5O4S/c1-4-15-30-22(16-23(31)26-18-7-11-20(12-8-18)33-5-2)28-29-25(30)35-17-24(32)27-19-9-13-21(14-10-19)34-6-3/h4,7-14H,1,5-6,15-17H2,2-3H3,(H,26,31)(H,27,32). The molecule has 0 unspecified atom stereocenters. The van der Waals surface area contributed by atoms with Crippen LogP contribution in [0.4, 0.5) is 11.4 Å². The van der Waals surface area contributed by atoms with Gasteiger partial charge in [0.1, 0.15) is 17.3 Å². The predicted molar refractivity (Wildman–Crippen MR) is 137 cm³/mol. The molecular formula is C25H29N5O4S. The average Bonchev–Trinajstić information content (AvgIpc) is 3.22. The van der Waals surface area contributed by atoms with Crippen molar-refractivity contribution in [3.05, 3.63) is 67.0 Å². The molecule has 0 bridgehead atoms. The van der Waals surface area contributed by atoms with Crippen molar-refractivity contribution in [2.75, 3.05) is 29.6 Å². The highest BCUT2D eigenvalue weighted by Gasteiger charge is 2.16. The fourth-order valence-electron chi connectivity index (χ4n) is 3.15. The summed E-state index contributed by atoms with van der Waals surface area (Å²) in [5.41, 5.74) is 1.34. The van der Waals surface area contributed by atoms with Crippen LogP contribution in [0.1, 0.15) is 19.7 Å². The number of hydrogen-bond donors (Lipinski definition) is 2. The Labute approximate surface area is 208 Å². The van der Waals surface area contributed by atoms with Crippen molar-refractivity contribution in [1.29, 1.82) is 0 Å². The molecule has 2 aromatic carbocycles. The molecule has 9 nitrogen and oxygen atoms in total. The lowest BCUT2D eigenvalue weighted by Crippen LogP contribution is -2.18. The van der Waals surface area contributed by atoms with E-state index in [4.69, 9.17) is 9.47 Å². The molecule has 0 aliphatic carbocycles. The number of aromatic nitrogens is 3. The zero-order valence-corrected chi connectivity index (χ0v) is 20.6. The number of amides is 2. The number of benzene rings is 2. The summed E-state index contributed by atoms with van der Waals surface area (Å²) in [4.78, 5) is 25.0. The maximum Gasteiger partial charge on any atom is 0.234 e. The van der Waals surface area contributed by atoms with Crippen molar-refractivity contribution in [1.82, 2.24) is 14.8 Å². The Hall–Kier alpha value is -3.79. The molecule has 0 aliphatic rings. The van der Waals surface area contributed by atoms with E-state index >= 15 is 0 Å². The van der Waals surface area contributed by atoms with Gasteiger partial charge in [-0.2, -0.15) is 0 Å². The Kier molecular flexibility index (Phi) is 9.73. The Balaban J connectivity index is 1.56. The van der Waals surface area contributed by atoms with Gasteiger partial charge in [0.15, 0.2) is 5.16 Å². The van der Waals surface area contributed by atoms with Gasteiger partial charge in [-0.1, -0.05) is 17.8 Å². The first kappa shape index (κ1) is 25.8. The van der Waals surface area contributed by atoms with Crippen LogP contribution in [-0.4, -0.2) is 45.5 Å². The van der Waals surface area contributed by atoms with E-state index in [1.807, 2.05) is 13.8 Å². The lowest BCUT2D eigenvalue weighted by atomic mass is 10.3. The second kappa shape index (κ2) is 13.2. The van der Waals surface area contributed by atoms with Gasteiger partial charge in [-0.05, 0) is 62.4 Å². The fraction of sp³-hybridized carbons (Fsp3) is 0.280. The van der Waals surface area contributed by atoms with E-state index in [1.165, 1.54) is 11.8 Å². The minimum Gasteiger partial charge on any atom is -0.494 e. The number of ether oxygens (including phenoxy) is 2. The molecule has 3 rings (SSSR count). The van der Waals surface area contributed by atoms with E-state index in [1.54, 1.807) is 59.2 Å². The van der Waals surface area contributed by atoms with Gasteiger partial charge in [0.25, 0.3) is 0 Å². The summed E-state index contributed by atoms with van der Waals surface area (Å²) in [5, 5.41) is 14.6. The van der Waals surface area contributed by atoms with E-state index in [0.717, 1.165) is 11.5 Å². The van der Waals surface area contributed by atoms with Crippen LogP contribution >= 0.6 is 11.8 Å². The fourth-order valence-corrected chi connectivity index (χ4v) is 3.91. The zero-order valence-electron chi connectivity index (χ0n) is 19.8. The maximum absolute atomic E-state index is 12.6. The number of allylic oxidation sites excluding steroid dienone is 1. The third kappa shape index (κ3) is 7.89. The SMILES string of the molecule is C=CCn1c(CC(=O)Nc2ccc(OCC)cc2)nnc1SCC(=O)Nc1ccc(OCC)cc1. The molecule has 3 aromatic rings. The lowest BCUT2D eigenvalue weighted by Gasteiger charge is -2.09. The summed E-state index contributed by atoms with van der Waals surface area (Å²) in [6.07, 6.45) is 1.73. The van der Waals surface area contributed by atoms with Crippen molar-refractivity contribution in [3.63, 3.8) is 0 Å². The van der Waals surface area contributed by atoms with Crippen molar-refractivity contribution in [2.45, 2.75) is 32.0 Å². The van der Waals surface area contributed by atoms with Crippen molar-refractivity contribution < 1.29 is 19.1 Å². The van der Waals surface area contributed by atoms with E-state index < -0.39 is 0 Å². The van der Waals surface area contributed by atoms with Gasteiger partial charge in [0.2, 0.25) is 11.8 Å². The number of carbonyl (C=O) groups excluding carboxylic acids is 2. The van der Waals surface area contributed by atoms with Crippen LogP contribution in [0.25, 0.3) is 0 Å². The summed E-state index contributed by atoms with van der Waals surface area (Å²) < 4.78 is 12.6. The molecule has 0 aliphatic heterocycles. The molecule has 1 heterocycles. The molecule has 0 saturated heterocycles. The second-order valence-corrected chi connectivity index (χ2v) is 8.22. The normalized spacial score (nSPS) is 10.5. The van der Waals surface area contributed by atoms with E-state index in [-0.39, 0.29) is 24.0 Å². The molecule has 0 atom stereocenters. The number of carbonyl (C=O) groups is 2. The monoisotopic (exact) mass is 495 g/mol. The Morgan fingerprint density at radius 3 is 1.97 bits per heavy atom. The molecule has 35 heavy (non-hydrogen) atoms. The van der Waals surface area contributed by atoms with E-state index in [9.17, 15) is 9.59 Å².